The number of nitrogens with zero attached hydrogens (tertiary/aromatic N) is 1. The first-order valence-electron chi connectivity index (χ1n) is 8.57. The topological polar surface area (TPSA) is 79.8 Å². The predicted octanol–water partition coefficient (Wildman–Crippen LogP) is 1.94. The van der Waals surface area contributed by atoms with Gasteiger partial charge >= 0.3 is 0 Å². The minimum atomic E-state index is -2.84. The Labute approximate surface area is 163 Å². The first-order valence-corrected chi connectivity index (χ1v) is 10.4. The Morgan fingerprint density at radius 3 is 2.58 bits per heavy atom. The summed E-state index contributed by atoms with van der Waals surface area (Å²) in [6.45, 7) is 9.68. The van der Waals surface area contributed by atoms with E-state index in [1.54, 1.807) is 0 Å². The van der Waals surface area contributed by atoms with Crippen molar-refractivity contribution < 1.29 is 13.2 Å². The van der Waals surface area contributed by atoms with E-state index in [1.165, 1.54) is 0 Å². The normalized spacial score (nSPS) is 29.1. The lowest BCUT2D eigenvalue weighted by molar-refractivity contribution is -0.0605. The number of rotatable bonds is 4. The fourth-order valence-electron chi connectivity index (χ4n) is 3.19. The maximum atomic E-state index is 11.6. The van der Waals surface area contributed by atoms with Crippen LogP contribution in [0.25, 0.3) is 0 Å². The van der Waals surface area contributed by atoms with Crippen LogP contribution in [0.4, 0.5) is 0 Å². The van der Waals surface area contributed by atoms with E-state index >= 15 is 0 Å². The number of halogens is 1. The molecule has 0 aliphatic carbocycles. The zero-order valence-electron chi connectivity index (χ0n) is 15.2. The third-order valence-corrected chi connectivity index (χ3v) is 6.13. The van der Waals surface area contributed by atoms with Gasteiger partial charge in [0.25, 0.3) is 0 Å². The van der Waals surface area contributed by atoms with Crippen molar-refractivity contribution in [3.63, 3.8) is 0 Å². The minimum absolute atomic E-state index is 0. The standard InChI is InChI=1S/C16H31N3O3S.HI/c1-12(2)18-15(17-10-13-6-8-23(20,21)11-13)19-14-5-7-22-16(3,4)9-14;/h12-14H,5-11H2,1-4H3,(H2,17,18,19);1H. The van der Waals surface area contributed by atoms with Gasteiger partial charge in [-0.3, -0.25) is 4.99 Å². The van der Waals surface area contributed by atoms with E-state index in [9.17, 15) is 8.42 Å². The molecule has 2 unspecified atom stereocenters. The first kappa shape index (κ1) is 22.0. The Morgan fingerprint density at radius 2 is 2.04 bits per heavy atom. The van der Waals surface area contributed by atoms with Crippen molar-refractivity contribution in [2.75, 3.05) is 24.7 Å². The molecule has 0 saturated carbocycles. The fourth-order valence-corrected chi connectivity index (χ4v) is 5.04. The Kier molecular flexibility index (Phi) is 8.25. The monoisotopic (exact) mass is 473 g/mol. The molecule has 8 heteroatoms. The molecular weight excluding hydrogens is 441 g/mol. The average molecular weight is 473 g/mol. The average Bonchev–Trinajstić information content (AvgIpc) is 2.74. The second-order valence-corrected chi connectivity index (χ2v) is 9.93. The minimum Gasteiger partial charge on any atom is -0.375 e. The van der Waals surface area contributed by atoms with E-state index in [-0.39, 0.29) is 47.3 Å². The maximum Gasteiger partial charge on any atom is 0.191 e. The number of hydrogen-bond acceptors (Lipinski definition) is 4. The lowest BCUT2D eigenvalue weighted by Gasteiger charge is -2.36. The molecule has 2 N–H and O–H groups in total. The van der Waals surface area contributed by atoms with Gasteiger partial charge in [-0.25, -0.2) is 8.42 Å². The number of nitrogens with one attached hydrogen (secondary N) is 2. The first-order chi connectivity index (χ1) is 10.7. The summed E-state index contributed by atoms with van der Waals surface area (Å²) in [5.74, 6) is 1.51. The molecule has 142 valence electrons. The highest BCUT2D eigenvalue weighted by atomic mass is 127. The van der Waals surface area contributed by atoms with Gasteiger partial charge in [0, 0.05) is 25.2 Å². The molecule has 0 spiro atoms. The molecule has 2 rings (SSSR count). The van der Waals surface area contributed by atoms with Crippen LogP contribution in [-0.4, -0.2) is 56.7 Å². The van der Waals surface area contributed by atoms with Crippen LogP contribution in [0.1, 0.15) is 47.0 Å². The second-order valence-electron chi connectivity index (χ2n) is 7.70. The highest BCUT2D eigenvalue weighted by Crippen LogP contribution is 2.24. The summed E-state index contributed by atoms with van der Waals surface area (Å²) in [7, 11) is -2.84. The molecule has 2 aliphatic heterocycles. The number of sulfone groups is 1. The summed E-state index contributed by atoms with van der Waals surface area (Å²) in [4.78, 5) is 4.64. The van der Waals surface area contributed by atoms with Crippen molar-refractivity contribution in [2.24, 2.45) is 10.9 Å². The molecule has 0 radical (unpaired) electrons. The van der Waals surface area contributed by atoms with Crippen LogP contribution >= 0.6 is 24.0 Å². The summed E-state index contributed by atoms with van der Waals surface area (Å²) in [6, 6.07) is 0.609. The van der Waals surface area contributed by atoms with Gasteiger partial charge in [-0.1, -0.05) is 0 Å². The van der Waals surface area contributed by atoms with Crippen LogP contribution in [-0.2, 0) is 14.6 Å². The van der Waals surface area contributed by atoms with Crippen molar-refractivity contribution in [1.82, 2.24) is 10.6 Å². The lowest BCUT2D eigenvalue weighted by atomic mass is 9.94. The quantitative estimate of drug-likeness (QED) is 0.371. The fraction of sp³-hybridized carbons (Fsp3) is 0.938. The third-order valence-electron chi connectivity index (χ3n) is 4.30. The molecule has 2 heterocycles. The predicted molar refractivity (Wildman–Crippen MR) is 109 cm³/mol. The molecule has 2 atom stereocenters. The SMILES string of the molecule is CC(C)NC(=NCC1CCS(=O)(=O)C1)NC1CCOC(C)(C)C1.I. The van der Waals surface area contributed by atoms with Gasteiger partial charge in [-0.2, -0.15) is 0 Å². The summed E-state index contributed by atoms with van der Waals surface area (Å²) in [5.41, 5.74) is -0.113. The maximum absolute atomic E-state index is 11.6. The third kappa shape index (κ3) is 7.43. The number of guanidine groups is 1. The zero-order chi connectivity index (χ0) is 17.1. The highest BCUT2D eigenvalue weighted by Gasteiger charge is 2.30. The summed E-state index contributed by atoms with van der Waals surface area (Å²) in [5, 5.41) is 6.84. The molecule has 0 amide bonds. The molecule has 24 heavy (non-hydrogen) atoms. The number of aliphatic imine (C=N–C) groups is 1. The second kappa shape index (κ2) is 9.02. The van der Waals surface area contributed by atoms with E-state index < -0.39 is 9.84 Å². The van der Waals surface area contributed by atoms with Crippen LogP contribution in [0.3, 0.4) is 0 Å². The van der Waals surface area contributed by atoms with Gasteiger partial charge in [0.05, 0.1) is 17.1 Å². The van der Waals surface area contributed by atoms with Crippen molar-refractivity contribution in [2.45, 2.75) is 64.6 Å². The summed E-state index contributed by atoms with van der Waals surface area (Å²) >= 11 is 0. The summed E-state index contributed by atoms with van der Waals surface area (Å²) in [6.07, 6.45) is 2.62. The molecule has 0 aromatic rings. The van der Waals surface area contributed by atoms with Crippen molar-refractivity contribution >= 4 is 39.8 Å². The van der Waals surface area contributed by atoms with Crippen LogP contribution in [0, 0.1) is 5.92 Å². The van der Waals surface area contributed by atoms with Crippen LogP contribution < -0.4 is 10.6 Å². The van der Waals surface area contributed by atoms with E-state index in [0.29, 0.717) is 18.3 Å². The summed E-state index contributed by atoms with van der Waals surface area (Å²) < 4.78 is 28.9. The molecule has 0 bridgehead atoms. The lowest BCUT2D eigenvalue weighted by Crippen LogP contribution is -2.51. The van der Waals surface area contributed by atoms with E-state index in [4.69, 9.17) is 4.74 Å². The Hall–Kier alpha value is -0.0900. The molecule has 2 fully saturated rings. The van der Waals surface area contributed by atoms with E-state index in [0.717, 1.165) is 31.8 Å². The van der Waals surface area contributed by atoms with Gasteiger partial charge in [0.1, 0.15) is 0 Å². The van der Waals surface area contributed by atoms with Gasteiger partial charge in [-0.05, 0) is 52.9 Å². The van der Waals surface area contributed by atoms with Crippen LogP contribution in [0.5, 0.6) is 0 Å². The number of ether oxygens (including phenoxy) is 1. The largest absolute Gasteiger partial charge is 0.375 e. The molecule has 0 aromatic carbocycles. The Balaban J connectivity index is 0.00000288. The van der Waals surface area contributed by atoms with Crippen molar-refractivity contribution in [1.29, 1.82) is 0 Å². The zero-order valence-corrected chi connectivity index (χ0v) is 18.3. The van der Waals surface area contributed by atoms with E-state index in [2.05, 4.69) is 43.3 Å². The highest BCUT2D eigenvalue weighted by molar-refractivity contribution is 14.0. The Bertz CT molecular complexity index is 535. The molecule has 0 aromatic heterocycles. The number of hydrogen-bond donors (Lipinski definition) is 2. The molecule has 2 aliphatic rings. The smallest absolute Gasteiger partial charge is 0.191 e. The molecule has 6 nitrogen and oxygen atoms in total. The van der Waals surface area contributed by atoms with Gasteiger partial charge in [0.2, 0.25) is 0 Å². The van der Waals surface area contributed by atoms with Crippen molar-refractivity contribution in [3.8, 4) is 0 Å². The van der Waals surface area contributed by atoms with Crippen LogP contribution in [0.2, 0.25) is 0 Å². The molecular formula is C16H32IN3O3S. The van der Waals surface area contributed by atoms with Gasteiger partial charge in [0.15, 0.2) is 15.8 Å². The molecule has 2 saturated heterocycles. The van der Waals surface area contributed by atoms with Crippen LogP contribution in [0.15, 0.2) is 4.99 Å². The van der Waals surface area contributed by atoms with Gasteiger partial charge in [-0.15, -0.1) is 24.0 Å². The van der Waals surface area contributed by atoms with E-state index in [1.807, 2.05) is 0 Å². The van der Waals surface area contributed by atoms with Gasteiger partial charge < -0.3 is 15.4 Å². The van der Waals surface area contributed by atoms with Crippen molar-refractivity contribution in [3.05, 3.63) is 0 Å². The Morgan fingerprint density at radius 1 is 1.33 bits per heavy atom.